The first kappa shape index (κ1) is 11.5. The molecule has 0 aliphatic carbocycles. The lowest BCUT2D eigenvalue weighted by Gasteiger charge is -2.04. The maximum Gasteiger partial charge on any atom is 0.133 e. The molecular weight excluding hydrogens is 236 g/mol. The van der Waals surface area contributed by atoms with Gasteiger partial charge >= 0.3 is 0 Å². The average Bonchev–Trinajstić information content (AvgIpc) is 2.68. The smallest absolute Gasteiger partial charge is 0.133 e. The lowest BCUT2D eigenvalue weighted by atomic mass is 10.1. The summed E-state index contributed by atoms with van der Waals surface area (Å²) in [5, 5.41) is 4.50. The number of nitrogens with one attached hydrogen (secondary N) is 2. The van der Waals surface area contributed by atoms with E-state index in [0.29, 0.717) is 0 Å². The van der Waals surface area contributed by atoms with E-state index in [9.17, 15) is 0 Å². The van der Waals surface area contributed by atoms with Gasteiger partial charge in [-0.05, 0) is 30.9 Å². The molecule has 2 N–H and O–H groups in total. The highest BCUT2D eigenvalue weighted by Gasteiger charge is 2.03. The minimum atomic E-state index is 0.781. The van der Waals surface area contributed by atoms with Gasteiger partial charge in [0.1, 0.15) is 4.32 Å². The van der Waals surface area contributed by atoms with Crippen LogP contribution in [0.1, 0.15) is 11.1 Å². The number of aromatic nitrogens is 1. The van der Waals surface area contributed by atoms with Crippen LogP contribution in [0.25, 0.3) is 10.9 Å². The summed E-state index contributed by atoms with van der Waals surface area (Å²) in [6.07, 6.45) is 4.02. The van der Waals surface area contributed by atoms with E-state index in [1.807, 2.05) is 12.5 Å². The van der Waals surface area contributed by atoms with Crippen LogP contribution < -0.4 is 5.32 Å². The number of thiocarbonyl (C=S) groups is 1. The highest BCUT2D eigenvalue weighted by molar-refractivity contribution is 8.22. The standard InChI is InChI=1S/C12H14N2S2/c1-8-3-4-11-10(5-8)9(6-13-11)7-14-12(15)16-2/h3-6,13H,7H2,1-2H3,(H,14,15). The number of H-pyrrole nitrogens is 1. The van der Waals surface area contributed by atoms with Gasteiger partial charge < -0.3 is 10.3 Å². The quantitative estimate of drug-likeness (QED) is 0.802. The lowest BCUT2D eigenvalue weighted by Crippen LogP contribution is -2.16. The van der Waals surface area contributed by atoms with Crippen LogP contribution in [0.15, 0.2) is 24.4 Å². The monoisotopic (exact) mass is 250 g/mol. The van der Waals surface area contributed by atoms with Crippen molar-refractivity contribution < 1.29 is 0 Å². The highest BCUT2D eigenvalue weighted by Crippen LogP contribution is 2.19. The topological polar surface area (TPSA) is 27.8 Å². The number of hydrogen-bond donors (Lipinski definition) is 2. The van der Waals surface area contributed by atoms with Crippen molar-refractivity contribution in [2.24, 2.45) is 0 Å². The van der Waals surface area contributed by atoms with Crippen LogP contribution in [-0.2, 0) is 6.54 Å². The zero-order valence-corrected chi connectivity index (χ0v) is 11.0. The Hall–Kier alpha value is -1.00. The molecule has 0 aliphatic heterocycles. The number of rotatable bonds is 2. The van der Waals surface area contributed by atoms with E-state index in [4.69, 9.17) is 12.2 Å². The van der Waals surface area contributed by atoms with E-state index in [2.05, 4.69) is 35.4 Å². The third-order valence-electron chi connectivity index (χ3n) is 2.53. The minimum absolute atomic E-state index is 0.781. The SMILES string of the molecule is CSC(=S)NCc1c[nH]c2ccc(C)cc12. The van der Waals surface area contributed by atoms with E-state index in [0.717, 1.165) is 10.9 Å². The summed E-state index contributed by atoms with van der Waals surface area (Å²) in [7, 11) is 0. The summed E-state index contributed by atoms with van der Waals surface area (Å²) < 4.78 is 0.835. The molecule has 0 spiro atoms. The van der Waals surface area contributed by atoms with E-state index in [1.165, 1.54) is 22.0 Å². The van der Waals surface area contributed by atoms with Crippen LogP contribution in [0, 0.1) is 6.92 Å². The Kier molecular flexibility index (Phi) is 3.51. The van der Waals surface area contributed by atoms with Crippen molar-refractivity contribution in [1.29, 1.82) is 0 Å². The van der Waals surface area contributed by atoms with Crippen LogP contribution in [0.2, 0.25) is 0 Å². The van der Waals surface area contributed by atoms with E-state index < -0.39 is 0 Å². The fraction of sp³-hybridized carbons (Fsp3) is 0.250. The average molecular weight is 250 g/mol. The summed E-state index contributed by atoms with van der Waals surface area (Å²) in [6.45, 7) is 2.89. The molecule has 0 unspecified atom stereocenters. The predicted octanol–water partition coefficient (Wildman–Crippen LogP) is 3.21. The van der Waals surface area contributed by atoms with Crippen LogP contribution in [0.3, 0.4) is 0 Å². The second-order valence-electron chi connectivity index (χ2n) is 3.71. The van der Waals surface area contributed by atoms with E-state index >= 15 is 0 Å². The zero-order valence-electron chi connectivity index (χ0n) is 9.33. The Labute approximate surface area is 105 Å². The number of benzene rings is 1. The molecule has 16 heavy (non-hydrogen) atoms. The summed E-state index contributed by atoms with van der Waals surface area (Å²) in [5.41, 5.74) is 3.72. The van der Waals surface area contributed by atoms with Gasteiger partial charge in [0.15, 0.2) is 0 Å². The molecule has 0 amide bonds. The summed E-state index contributed by atoms with van der Waals surface area (Å²) in [4.78, 5) is 3.27. The molecule has 2 rings (SSSR count). The number of hydrogen-bond acceptors (Lipinski definition) is 2. The van der Waals surface area contributed by atoms with Gasteiger partial charge in [-0.1, -0.05) is 23.8 Å². The molecule has 2 nitrogen and oxygen atoms in total. The highest BCUT2D eigenvalue weighted by atomic mass is 32.2. The minimum Gasteiger partial charge on any atom is -0.367 e. The number of fused-ring (bicyclic) bond motifs is 1. The van der Waals surface area contributed by atoms with Gasteiger partial charge in [-0.2, -0.15) is 0 Å². The largest absolute Gasteiger partial charge is 0.367 e. The van der Waals surface area contributed by atoms with E-state index in [-0.39, 0.29) is 0 Å². The maximum absolute atomic E-state index is 5.12. The Morgan fingerprint density at radius 1 is 1.50 bits per heavy atom. The molecule has 84 valence electrons. The molecule has 0 saturated heterocycles. The van der Waals surface area contributed by atoms with Crippen molar-refractivity contribution >= 4 is 39.2 Å². The van der Waals surface area contributed by atoms with Crippen molar-refractivity contribution in [3.05, 3.63) is 35.5 Å². The van der Waals surface area contributed by atoms with Crippen molar-refractivity contribution in [3.63, 3.8) is 0 Å². The Balaban J connectivity index is 2.24. The van der Waals surface area contributed by atoms with Crippen molar-refractivity contribution in [3.8, 4) is 0 Å². The summed E-state index contributed by atoms with van der Waals surface area (Å²) in [5.74, 6) is 0. The van der Waals surface area contributed by atoms with Crippen LogP contribution >= 0.6 is 24.0 Å². The third-order valence-corrected chi connectivity index (χ3v) is 3.69. The van der Waals surface area contributed by atoms with Gasteiger partial charge in [0.2, 0.25) is 0 Å². The number of aryl methyl sites for hydroxylation is 1. The van der Waals surface area contributed by atoms with Crippen molar-refractivity contribution in [2.75, 3.05) is 6.26 Å². The molecule has 0 saturated carbocycles. The second kappa shape index (κ2) is 4.89. The summed E-state index contributed by atoms with van der Waals surface area (Å²) in [6, 6.07) is 6.43. The molecule has 4 heteroatoms. The van der Waals surface area contributed by atoms with Gasteiger partial charge in [0.05, 0.1) is 0 Å². The first-order chi connectivity index (χ1) is 7.70. The van der Waals surface area contributed by atoms with Crippen molar-refractivity contribution in [1.82, 2.24) is 10.3 Å². The summed E-state index contributed by atoms with van der Waals surface area (Å²) >= 11 is 6.68. The van der Waals surface area contributed by atoms with Crippen LogP contribution in [0.4, 0.5) is 0 Å². The van der Waals surface area contributed by atoms with Crippen molar-refractivity contribution in [2.45, 2.75) is 13.5 Å². The van der Waals surface area contributed by atoms with Crippen LogP contribution in [0.5, 0.6) is 0 Å². The molecule has 1 heterocycles. The van der Waals surface area contributed by atoms with Gasteiger partial charge in [-0.3, -0.25) is 0 Å². The fourth-order valence-electron chi connectivity index (χ4n) is 1.68. The molecular formula is C12H14N2S2. The molecule has 0 fully saturated rings. The first-order valence-corrected chi connectivity index (χ1v) is 6.72. The van der Waals surface area contributed by atoms with E-state index in [1.54, 1.807) is 11.8 Å². The molecule has 0 radical (unpaired) electrons. The fourth-order valence-corrected chi connectivity index (χ4v) is 1.97. The van der Waals surface area contributed by atoms with Gasteiger partial charge in [-0.15, -0.1) is 11.8 Å². The van der Waals surface area contributed by atoms with Gasteiger partial charge in [0, 0.05) is 23.6 Å². The normalized spacial score (nSPS) is 10.6. The Morgan fingerprint density at radius 3 is 3.06 bits per heavy atom. The van der Waals surface area contributed by atoms with Crippen LogP contribution in [-0.4, -0.2) is 15.6 Å². The molecule has 0 atom stereocenters. The Morgan fingerprint density at radius 2 is 2.31 bits per heavy atom. The maximum atomic E-state index is 5.12. The molecule has 0 bridgehead atoms. The molecule has 2 aromatic rings. The molecule has 0 aliphatic rings. The number of thioether (sulfide) groups is 1. The molecule has 1 aromatic carbocycles. The molecule has 1 aromatic heterocycles. The van der Waals surface area contributed by atoms with Gasteiger partial charge in [-0.25, -0.2) is 0 Å². The lowest BCUT2D eigenvalue weighted by molar-refractivity contribution is 0.948. The van der Waals surface area contributed by atoms with Gasteiger partial charge in [0.25, 0.3) is 0 Å². The zero-order chi connectivity index (χ0) is 11.5. The number of aromatic amines is 1. The second-order valence-corrected chi connectivity index (χ2v) is 5.19. The first-order valence-electron chi connectivity index (χ1n) is 5.09. The third kappa shape index (κ3) is 2.39. The predicted molar refractivity (Wildman–Crippen MR) is 76.0 cm³/mol. The Bertz CT molecular complexity index is 517.